The molecule has 1 N–H and O–H groups in total. The van der Waals surface area contributed by atoms with Crippen molar-refractivity contribution in [3.63, 3.8) is 0 Å². The Bertz CT molecular complexity index is 1450. The monoisotopic (exact) mass is 481 g/mol. The number of nitrogens with zero attached hydrogens (tertiary/aromatic N) is 2. The fourth-order valence-electron chi connectivity index (χ4n) is 3.64. The number of hydrogen-bond donors (Lipinski definition) is 1. The van der Waals surface area contributed by atoms with Gasteiger partial charge in [0, 0.05) is 5.56 Å². The van der Waals surface area contributed by atoms with Gasteiger partial charge in [-0.25, -0.2) is 4.99 Å². The number of thiophene rings is 1. The van der Waals surface area contributed by atoms with E-state index in [-0.39, 0.29) is 5.91 Å². The minimum Gasteiger partial charge on any atom is -0.312 e. The number of hydrogen-bond acceptors (Lipinski definition) is 4. The van der Waals surface area contributed by atoms with E-state index >= 15 is 0 Å². The molecular formula is C28H23N3OS2. The molecule has 0 aliphatic rings. The van der Waals surface area contributed by atoms with Crippen molar-refractivity contribution in [3.8, 4) is 10.6 Å². The maximum Gasteiger partial charge on any atom is 0.256 e. The van der Waals surface area contributed by atoms with Crippen LogP contribution in [0.25, 0.3) is 10.6 Å². The molecule has 1 amide bonds. The van der Waals surface area contributed by atoms with Crippen LogP contribution < -0.4 is 10.1 Å². The quantitative estimate of drug-likeness (QED) is 0.276. The number of aromatic nitrogens is 1. The molecule has 5 aromatic rings. The molecule has 5 rings (SSSR count). The lowest BCUT2D eigenvalue weighted by Crippen LogP contribution is -2.17. The summed E-state index contributed by atoms with van der Waals surface area (Å²) in [6, 6.07) is 32.0. The first-order valence-electron chi connectivity index (χ1n) is 11.0. The van der Waals surface area contributed by atoms with Crippen molar-refractivity contribution in [2.75, 3.05) is 5.32 Å². The van der Waals surface area contributed by atoms with E-state index in [0.717, 1.165) is 31.6 Å². The number of aryl methyl sites for hydroxylation is 1. The highest BCUT2D eigenvalue weighted by molar-refractivity contribution is 7.16. The van der Waals surface area contributed by atoms with E-state index in [4.69, 9.17) is 4.99 Å². The number of benzene rings is 3. The molecule has 0 atom stereocenters. The van der Waals surface area contributed by atoms with Crippen molar-refractivity contribution >= 4 is 39.3 Å². The lowest BCUT2D eigenvalue weighted by atomic mass is 10.1. The molecule has 0 saturated carbocycles. The summed E-state index contributed by atoms with van der Waals surface area (Å²) in [6.07, 6.45) is 0. The fraction of sp³-hybridized carbons (Fsp3) is 0.0714. The van der Waals surface area contributed by atoms with Crippen LogP contribution in [-0.4, -0.2) is 10.5 Å². The zero-order valence-corrected chi connectivity index (χ0v) is 20.3. The van der Waals surface area contributed by atoms with Crippen molar-refractivity contribution in [3.05, 3.63) is 124 Å². The average molecular weight is 482 g/mol. The Balaban J connectivity index is 1.66. The van der Waals surface area contributed by atoms with Crippen LogP contribution in [0.3, 0.4) is 0 Å². The molecule has 0 spiro atoms. The van der Waals surface area contributed by atoms with Crippen molar-refractivity contribution in [1.29, 1.82) is 0 Å². The van der Waals surface area contributed by atoms with Crippen molar-refractivity contribution < 1.29 is 4.79 Å². The highest BCUT2D eigenvalue weighted by Crippen LogP contribution is 2.35. The molecule has 6 heteroatoms. The highest BCUT2D eigenvalue weighted by Gasteiger charge is 2.19. The van der Waals surface area contributed by atoms with Gasteiger partial charge in [-0.2, -0.15) is 0 Å². The Morgan fingerprint density at radius 2 is 1.59 bits per heavy atom. The number of rotatable bonds is 6. The molecule has 3 aromatic carbocycles. The summed E-state index contributed by atoms with van der Waals surface area (Å²) in [4.78, 5) is 20.0. The number of nitrogens with one attached hydrogen (secondary N) is 1. The summed E-state index contributed by atoms with van der Waals surface area (Å²) in [7, 11) is 0. The molecule has 0 bridgehead atoms. The van der Waals surface area contributed by atoms with Gasteiger partial charge in [0.15, 0.2) is 4.80 Å². The molecule has 2 heterocycles. The second kappa shape index (κ2) is 10.0. The van der Waals surface area contributed by atoms with Crippen LogP contribution in [0.2, 0.25) is 0 Å². The highest BCUT2D eigenvalue weighted by atomic mass is 32.1. The van der Waals surface area contributed by atoms with E-state index < -0.39 is 0 Å². The Labute approximate surface area is 206 Å². The molecule has 34 heavy (non-hydrogen) atoms. The lowest BCUT2D eigenvalue weighted by molar-refractivity contribution is 0.102. The Hall–Kier alpha value is -3.74. The van der Waals surface area contributed by atoms with Gasteiger partial charge in [0.05, 0.1) is 22.8 Å². The van der Waals surface area contributed by atoms with E-state index in [2.05, 4.69) is 33.5 Å². The molecule has 0 saturated heterocycles. The predicted molar refractivity (Wildman–Crippen MR) is 142 cm³/mol. The maximum absolute atomic E-state index is 13.1. The predicted octanol–water partition coefficient (Wildman–Crippen LogP) is 7.12. The molecule has 0 fully saturated rings. The van der Waals surface area contributed by atoms with E-state index in [0.29, 0.717) is 12.1 Å². The third kappa shape index (κ3) is 4.93. The van der Waals surface area contributed by atoms with Crippen LogP contribution in [0.4, 0.5) is 10.7 Å². The van der Waals surface area contributed by atoms with Crippen molar-refractivity contribution in [2.45, 2.75) is 13.5 Å². The number of carbonyl (C=O) groups excluding carboxylic acids is 1. The Morgan fingerprint density at radius 1 is 0.882 bits per heavy atom. The molecule has 0 radical (unpaired) electrons. The van der Waals surface area contributed by atoms with Gasteiger partial charge in [-0.15, -0.1) is 11.3 Å². The molecule has 0 unspecified atom stereocenters. The second-order valence-corrected chi connectivity index (χ2v) is 9.80. The fourth-order valence-corrected chi connectivity index (χ4v) is 5.55. The van der Waals surface area contributed by atoms with Gasteiger partial charge in [0.1, 0.15) is 5.00 Å². The smallest absolute Gasteiger partial charge is 0.256 e. The lowest BCUT2D eigenvalue weighted by Gasteiger charge is -2.11. The first-order valence-corrected chi connectivity index (χ1v) is 12.7. The molecule has 2 aromatic heterocycles. The molecule has 168 valence electrons. The zero-order chi connectivity index (χ0) is 23.3. The van der Waals surface area contributed by atoms with Crippen molar-refractivity contribution in [2.24, 2.45) is 4.99 Å². The minimum atomic E-state index is -0.128. The van der Waals surface area contributed by atoms with Gasteiger partial charge in [0.2, 0.25) is 0 Å². The van der Waals surface area contributed by atoms with E-state index in [1.807, 2.05) is 85.8 Å². The zero-order valence-electron chi connectivity index (χ0n) is 18.6. The Kier molecular flexibility index (Phi) is 6.51. The topological polar surface area (TPSA) is 46.4 Å². The van der Waals surface area contributed by atoms with Crippen LogP contribution in [0.15, 0.2) is 107 Å². The first kappa shape index (κ1) is 22.1. The van der Waals surface area contributed by atoms with Gasteiger partial charge in [-0.05, 0) is 48.2 Å². The summed E-state index contributed by atoms with van der Waals surface area (Å²) in [5.74, 6) is -0.128. The molecular weight excluding hydrogens is 458 g/mol. The van der Waals surface area contributed by atoms with Gasteiger partial charge in [-0.3, -0.25) is 4.79 Å². The molecule has 4 nitrogen and oxygen atoms in total. The third-order valence-corrected chi connectivity index (χ3v) is 7.24. The van der Waals surface area contributed by atoms with Crippen LogP contribution in [0.1, 0.15) is 21.5 Å². The number of para-hydroxylation sites is 1. The third-order valence-electron chi connectivity index (χ3n) is 5.37. The summed E-state index contributed by atoms with van der Waals surface area (Å²) in [5, 5.41) is 6.02. The minimum absolute atomic E-state index is 0.128. The van der Waals surface area contributed by atoms with Gasteiger partial charge >= 0.3 is 0 Å². The molecule has 0 aliphatic heterocycles. The summed E-state index contributed by atoms with van der Waals surface area (Å²) in [5.41, 5.74) is 4.77. The van der Waals surface area contributed by atoms with Gasteiger partial charge in [0.25, 0.3) is 5.91 Å². The number of carbonyl (C=O) groups is 1. The second-order valence-electron chi connectivity index (χ2n) is 7.88. The number of anilines is 1. The number of thiazole rings is 1. The van der Waals surface area contributed by atoms with Gasteiger partial charge < -0.3 is 9.88 Å². The summed E-state index contributed by atoms with van der Waals surface area (Å²) >= 11 is 3.15. The normalized spacial score (nSPS) is 11.5. The standard InChI is InChI=1S/C28H23N3OS2/c1-20-14-16-22(17-15-20)26(32)30-27-25(24-13-8-18-33-24)31(19-21-9-4-2-5-10-21)28(34-27)29-23-11-6-3-7-12-23/h2-18H,19H2,1H3,(H,30,32). The van der Waals surface area contributed by atoms with E-state index in [9.17, 15) is 4.79 Å². The van der Waals surface area contributed by atoms with Crippen LogP contribution in [0, 0.1) is 6.92 Å². The summed E-state index contributed by atoms with van der Waals surface area (Å²) in [6.45, 7) is 2.66. The Morgan fingerprint density at radius 3 is 2.26 bits per heavy atom. The van der Waals surface area contributed by atoms with Gasteiger partial charge in [-0.1, -0.05) is 83.6 Å². The van der Waals surface area contributed by atoms with Crippen LogP contribution >= 0.6 is 22.7 Å². The average Bonchev–Trinajstić information content (AvgIpc) is 3.49. The van der Waals surface area contributed by atoms with Crippen LogP contribution in [-0.2, 0) is 6.54 Å². The van der Waals surface area contributed by atoms with Crippen LogP contribution in [0.5, 0.6) is 0 Å². The summed E-state index contributed by atoms with van der Waals surface area (Å²) < 4.78 is 2.20. The largest absolute Gasteiger partial charge is 0.312 e. The van der Waals surface area contributed by atoms with E-state index in [1.54, 1.807) is 11.3 Å². The SMILES string of the molecule is Cc1ccc(C(=O)Nc2sc(=Nc3ccccc3)n(Cc3ccccc3)c2-c2cccs2)cc1. The first-order chi connectivity index (χ1) is 16.7. The number of amides is 1. The molecule has 0 aliphatic carbocycles. The van der Waals surface area contributed by atoms with E-state index in [1.165, 1.54) is 16.9 Å². The maximum atomic E-state index is 13.1. The van der Waals surface area contributed by atoms with Crippen molar-refractivity contribution in [1.82, 2.24) is 4.57 Å².